The van der Waals surface area contributed by atoms with Gasteiger partial charge in [0.15, 0.2) is 0 Å². The van der Waals surface area contributed by atoms with E-state index < -0.39 is 5.97 Å². The molecule has 0 radical (unpaired) electrons. The molecule has 0 heterocycles. The van der Waals surface area contributed by atoms with Crippen LogP contribution in [0.25, 0.3) is 0 Å². The number of hydrogen-bond donors (Lipinski definition) is 1. The highest BCUT2D eigenvalue weighted by molar-refractivity contribution is 5.81. The molecular formula is C10H15NO3. The van der Waals surface area contributed by atoms with E-state index in [-0.39, 0.29) is 24.9 Å². The van der Waals surface area contributed by atoms with Crippen LogP contribution in [-0.2, 0) is 9.59 Å². The van der Waals surface area contributed by atoms with Crippen molar-refractivity contribution in [3.63, 3.8) is 0 Å². The van der Waals surface area contributed by atoms with Crippen molar-refractivity contribution >= 4 is 11.9 Å². The first-order valence-corrected chi connectivity index (χ1v) is 4.43. The Morgan fingerprint density at radius 3 is 2.43 bits per heavy atom. The molecule has 1 amide bonds. The molecule has 1 N–H and O–H groups in total. The lowest BCUT2D eigenvalue weighted by Crippen LogP contribution is -2.40. The summed E-state index contributed by atoms with van der Waals surface area (Å²) < 4.78 is 0. The summed E-state index contributed by atoms with van der Waals surface area (Å²) in [7, 11) is 0. The number of amides is 1. The first-order chi connectivity index (χ1) is 6.49. The van der Waals surface area contributed by atoms with E-state index in [0.717, 1.165) is 0 Å². The fourth-order valence-electron chi connectivity index (χ4n) is 1.03. The Hall–Kier alpha value is -1.50. The molecule has 0 aliphatic carbocycles. The van der Waals surface area contributed by atoms with E-state index in [1.165, 1.54) is 4.90 Å². The summed E-state index contributed by atoms with van der Waals surface area (Å²) >= 11 is 0. The number of carboxylic acids is 1. The number of carboxylic acid groups (broad SMARTS) is 1. The summed E-state index contributed by atoms with van der Waals surface area (Å²) in [5.41, 5.74) is 0. The Bertz CT molecular complexity index is 253. The summed E-state index contributed by atoms with van der Waals surface area (Å²) in [5, 5.41) is 8.57. The van der Waals surface area contributed by atoms with Gasteiger partial charge >= 0.3 is 5.97 Å². The topological polar surface area (TPSA) is 57.6 Å². The van der Waals surface area contributed by atoms with Crippen molar-refractivity contribution in [2.75, 3.05) is 6.54 Å². The summed E-state index contributed by atoms with van der Waals surface area (Å²) in [5.74, 6) is 1.14. The highest BCUT2D eigenvalue weighted by Crippen LogP contribution is 2.03. The summed E-state index contributed by atoms with van der Waals surface area (Å²) in [6.07, 6.45) is 5.58. The van der Waals surface area contributed by atoms with E-state index in [4.69, 9.17) is 11.5 Å². The van der Waals surface area contributed by atoms with Crippen LogP contribution in [0.3, 0.4) is 0 Å². The maximum atomic E-state index is 11.4. The molecule has 0 aliphatic heterocycles. The fourth-order valence-corrected chi connectivity index (χ4v) is 1.03. The molecule has 0 spiro atoms. The Balaban J connectivity index is 4.27. The molecule has 0 aromatic carbocycles. The summed E-state index contributed by atoms with van der Waals surface area (Å²) in [6.45, 7) is 3.29. The van der Waals surface area contributed by atoms with Crippen molar-refractivity contribution in [3.8, 4) is 12.3 Å². The minimum Gasteiger partial charge on any atom is -0.480 e. The normalized spacial score (nSPS) is 9.57. The predicted molar refractivity (Wildman–Crippen MR) is 52.6 cm³/mol. The molecular weight excluding hydrogens is 182 g/mol. The number of carbonyl (C=O) groups is 2. The van der Waals surface area contributed by atoms with E-state index in [0.29, 0.717) is 6.42 Å². The molecule has 14 heavy (non-hydrogen) atoms. The van der Waals surface area contributed by atoms with Gasteiger partial charge in [-0.2, -0.15) is 0 Å². The van der Waals surface area contributed by atoms with Crippen LogP contribution in [0.2, 0.25) is 0 Å². The summed E-state index contributed by atoms with van der Waals surface area (Å²) in [6, 6.07) is -0.114. The smallest absolute Gasteiger partial charge is 0.323 e. The third-order valence-electron chi connectivity index (χ3n) is 1.73. The molecule has 0 aromatic heterocycles. The quantitative estimate of drug-likeness (QED) is 0.661. The molecule has 4 heteroatoms. The van der Waals surface area contributed by atoms with Crippen LogP contribution in [0.15, 0.2) is 0 Å². The number of hydrogen-bond acceptors (Lipinski definition) is 2. The molecule has 0 rings (SSSR count). The van der Waals surface area contributed by atoms with Crippen molar-refractivity contribution in [1.82, 2.24) is 4.90 Å². The molecule has 78 valence electrons. The van der Waals surface area contributed by atoms with Crippen molar-refractivity contribution in [2.24, 2.45) is 0 Å². The SMILES string of the molecule is C#CCCC(=O)N(CC(=O)O)C(C)C. The summed E-state index contributed by atoms with van der Waals surface area (Å²) in [4.78, 5) is 23.2. The molecule has 0 unspecified atom stereocenters. The first kappa shape index (κ1) is 12.5. The molecule has 0 aromatic rings. The maximum Gasteiger partial charge on any atom is 0.323 e. The van der Waals surface area contributed by atoms with Crippen LogP contribution in [0.1, 0.15) is 26.7 Å². The zero-order valence-electron chi connectivity index (χ0n) is 8.49. The van der Waals surface area contributed by atoms with Crippen LogP contribution in [0.5, 0.6) is 0 Å². The minimum atomic E-state index is -1.01. The molecule has 0 fully saturated rings. The molecule has 0 aliphatic rings. The van der Waals surface area contributed by atoms with Gasteiger partial charge in [0.2, 0.25) is 5.91 Å². The number of aliphatic carboxylic acids is 1. The van der Waals surface area contributed by atoms with Gasteiger partial charge in [-0.3, -0.25) is 9.59 Å². The number of terminal acetylenes is 1. The molecule has 0 saturated heterocycles. The molecule has 0 atom stereocenters. The molecule has 4 nitrogen and oxygen atoms in total. The lowest BCUT2D eigenvalue weighted by atomic mass is 10.2. The van der Waals surface area contributed by atoms with Crippen molar-refractivity contribution in [3.05, 3.63) is 0 Å². The number of rotatable bonds is 5. The Labute approximate surface area is 83.9 Å². The van der Waals surface area contributed by atoms with Crippen molar-refractivity contribution in [2.45, 2.75) is 32.7 Å². The van der Waals surface area contributed by atoms with Gasteiger partial charge in [-0.05, 0) is 13.8 Å². The van der Waals surface area contributed by atoms with Crippen LogP contribution in [0, 0.1) is 12.3 Å². The average Bonchev–Trinajstić information content (AvgIpc) is 2.09. The second kappa shape index (κ2) is 6.03. The second-order valence-electron chi connectivity index (χ2n) is 3.21. The van der Waals surface area contributed by atoms with Crippen LogP contribution >= 0.6 is 0 Å². The Morgan fingerprint density at radius 1 is 1.50 bits per heavy atom. The third-order valence-corrected chi connectivity index (χ3v) is 1.73. The van der Waals surface area contributed by atoms with Gasteiger partial charge in [0, 0.05) is 18.9 Å². The van der Waals surface area contributed by atoms with E-state index in [9.17, 15) is 9.59 Å². The van der Waals surface area contributed by atoms with E-state index in [1.807, 2.05) is 0 Å². The predicted octanol–water partition coefficient (Wildman–Crippen LogP) is 0.721. The highest BCUT2D eigenvalue weighted by atomic mass is 16.4. The zero-order chi connectivity index (χ0) is 11.1. The van der Waals surface area contributed by atoms with Gasteiger partial charge < -0.3 is 10.0 Å². The van der Waals surface area contributed by atoms with Gasteiger partial charge in [-0.15, -0.1) is 12.3 Å². The van der Waals surface area contributed by atoms with Crippen LogP contribution < -0.4 is 0 Å². The van der Waals surface area contributed by atoms with Crippen LogP contribution in [-0.4, -0.2) is 34.5 Å². The van der Waals surface area contributed by atoms with E-state index in [1.54, 1.807) is 13.8 Å². The van der Waals surface area contributed by atoms with Gasteiger partial charge in [0.05, 0.1) is 0 Å². The minimum absolute atomic E-state index is 0.114. The van der Waals surface area contributed by atoms with Gasteiger partial charge in [0.1, 0.15) is 6.54 Å². The average molecular weight is 197 g/mol. The second-order valence-corrected chi connectivity index (χ2v) is 3.21. The highest BCUT2D eigenvalue weighted by Gasteiger charge is 2.18. The van der Waals surface area contributed by atoms with Gasteiger partial charge in [-0.25, -0.2) is 0 Å². The maximum absolute atomic E-state index is 11.4. The zero-order valence-corrected chi connectivity index (χ0v) is 8.49. The first-order valence-electron chi connectivity index (χ1n) is 4.43. The van der Waals surface area contributed by atoms with E-state index in [2.05, 4.69) is 5.92 Å². The lowest BCUT2D eigenvalue weighted by molar-refractivity contribution is -0.145. The molecule has 0 bridgehead atoms. The largest absolute Gasteiger partial charge is 0.480 e. The lowest BCUT2D eigenvalue weighted by Gasteiger charge is -2.24. The number of carbonyl (C=O) groups excluding carboxylic acids is 1. The monoisotopic (exact) mass is 197 g/mol. The Morgan fingerprint density at radius 2 is 2.07 bits per heavy atom. The third kappa shape index (κ3) is 4.51. The van der Waals surface area contributed by atoms with Gasteiger partial charge in [-0.1, -0.05) is 0 Å². The van der Waals surface area contributed by atoms with Crippen LogP contribution in [0.4, 0.5) is 0 Å². The number of nitrogens with zero attached hydrogens (tertiary/aromatic N) is 1. The van der Waals surface area contributed by atoms with Crippen molar-refractivity contribution in [1.29, 1.82) is 0 Å². The van der Waals surface area contributed by atoms with Gasteiger partial charge in [0.25, 0.3) is 0 Å². The van der Waals surface area contributed by atoms with Crippen molar-refractivity contribution < 1.29 is 14.7 Å². The fraction of sp³-hybridized carbons (Fsp3) is 0.600. The standard InChI is InChI=1S/C10H15NO3/c1-4-5-6-9(12)11(8(2)3)7-10(13)14/h1,8H,5-7H2,2-3H3,(H,13,14). The Kier molecular flexibility index (Phi) is 5.38. The van der Waals surface area contributed by atoms with E-state index >= 15 is 0 Å². The molecule has 0 saturated carbocycles.